The summed E-state index contributed by atoms with van der Waals surface area (Å²) in [6.07, 6.45) is 1.72. The number of benzene rings is 1. The van der Waals surface area contributed by atoms with E-state index in [1.165, 1.54) is 12.3 Å². The summed E-state index contributed by atoms with van der Waals surface area (Å²) in [5, 5.41) is 6.25. The van der Waals surface area contributed by atoms with E-state index in [9.17, 15) is 12.8 Å². The van der Waals surface area contributed by atoms with Gasteiger partial charge in [0.25, 0.3) is 0 Å². The Labute approximate surface area is 169 Å². The van der Waals surface area contributed by atoms with Crippen LogP contribution in [0, 0.1) is 5.82 Å². The van der Waals surface area contributed by atoms with Gasteiger partial charge in [0.1, 0.15) is 15.7 Å². The predicted octanol–water partition coefficient (Wildman–Crippen LogP) is 3.08. The van der Waals surface area contributed by atoms with Crippen LogP contribution < -0.4 is 10.6 Å². The van der Waals surface area contributed by atoms with Crippen molar-refractivity contribution in [3.63, 3.8) is 0 Å². The van der Waals surface area contributed by atoms with Gasteiger partial charge in [-0.1, -0.05) is 6.07 Å². The Morgan fingerprint density at radius 1 is 1.42 bits per heavy atom. The quantitative estimate of drug-likeness (QED) is 0.320. The number of halogens is 3. The van der Waals surface area contributed by atoms with Crippen molar-refractivity contribution in [2.45, 2.75) is 32.9 Å². The molecule has 0 bridgehead atoms. The van der Waals surface area contributed by atoms with Gasteiger partial charge in [-0.2, -0.15) is 0 Å². The minimum atomic E-state index is -2.98. The third kappa shape index (κ3) is 9.77. The summed E-state index contributed by atoms with van der Waals surface area (Å²) in [6.45, 7) is 4.85. The minimum Gasteiger partial charge on any atom is -0.357 e. The van der Waals surface area contributed by atoms with Gasteiger partial charge < -0.3 is 10.6 Å². The average Bonchev–Trinajstić information content (AvgIpc) is 2.45. The lowest BCUT2D eigenvalue weighted by Gasteiger charge is -2.17. The van der Waals surface area contributed by atoms with Crippen LogP contribution in [0.25, 0.3) is 0 Å². The second kappa shape index (κ2) is 11.2. The molecule has 1 unspecified atom stereocenters. The van der Waals surface area contributed by atoms with Crippen molar-refractivity contribution in [3.8, 4) is 0 Å². The highest BCUT2D eigenvalue weighted by molar-refractivity contribution is 14.0. The van der Waals surface area contributed by atoms with Crippen molar-refractivity contribution >= 4 is 55.7 Å². The number of guanidine groups is 1. The van der Waals surface area contributed by atoms with Gasteiger partial charge in [0.15, 0.2) is 5.96 Å². The molecule has 0 aromatic heterocycles. The lowest BCUT2D eigenvalue weighted by atomic mass is 10.2. The summed E-state index contributed by atoms with van der Waals surface area (Å²) in [7, 11) is -2.98. The van der Waals surface area contributed by atoms with Crippen LogP contribution >= 0.6 is 39.9 Å². The molecule has 0 amide bonds. The van der Waals surface area contributed by atoms with Crippen LogP contribution in [0.1, 0.15) is 25.8 Å². The zero-order chi connectivity index (χ0) is 17.5. The van der Waals surface area contributed by atoms with Crippen molar-refractivity contribution < 1.29 is 12.8 Å². The van der Waals surface area contributed by atoms with E-state index < -0.39 is 9.84 Å². The highest BCUT2D eigenvalue weighted by Crippen LogP contribution is 2.16. The fourth-order valence-electron chi connectivity index (χ4n) is 1.82. The number of hydrogen-bond donors (Lipinski definition) is 2. The molecule has 1 rings (SSSR count). The molecule has 0 fully saturated rings. The molecule has 1 atom stereocenters. The third-order valence-electron chi connectivity index (χ3n) is 3.05. The predicted molar refractivity (Wildman–Crippen MR) is 111 cm³/mol. The molecule has 9 heteroatoms. The van der Waals surface area contributed by atoms with Crippen LogP contribution in [0.4, 0.5) is 4.39 Å². The minimum absolute atomic E-state index is 0. The molecule has 2 N–H and O–H groups in total. The van der Waals surface area contributed by atoms with Gasteiger partial charge in [-0.3, -0.25) is 0 Å². The third-order valence-corrected chi connectivity index (χ3v) is 4.67. The van der Waals surface area contributed by atoms with Crippen molar-refractivity contribution in [2.24, 2.45) is 4.99 Å². The zero-order valence-corrected chi connectivity index (χ0v) is 18.7. The molecule has 0 aliphatic carbocycles. The van der Waals surface area contributed by atoms with Gasteiger partial charge >= 0.3 is 0 Å². The Morgan fingerprint density at radius 3 is 2.62 bits per heavy atom. The summed E-state index contributed by atoms with van der Waals surface area (Å²) >= 11 is 3.12. The molecular formula is C15H24BrFIN3O2S. The number of sulfone groups is 1. The highest BCUT2D eigenvalue weighted by Gasteiger charge is 2.09. The molecule has 0 aliphatic heterocycles. The molecule has 1 aromatic carbocycles. The van der Waals surface area contributed by atoms with Crippen molar-refractivity contribution in [1.29, 1.82) is 0 Å². The van der Waals surface area contributed by atoms with Gasteiger partial charge in [0, 0.05) is 18.8 Å². The summed E-state index contributed by atoms with van der Waals surface area (Å²) in [4.78, 5) is 4.40. The molecule has 0 spiro atoms. The first-order valence-corrected chi connectivity index (χ1v) is 10.2. The van der Waals surface area contributed by atoms with E-state index in [-0.39, 0.29) is 41.6 Å². The molecule has 138 valence electrons. The monoisotopic (exact) mass is 535 g/mol. The Bertz CT molecular complexity index is 656. The van der Waals surface area contributed by atoms with Crippen LogP contribution in [0.3, 0.4) is 0 Å². The molecule has 5 nitrogen and oxygen atoms in total. The van der Waals surface area contributed by atoms with E-state index >= 15 is 0 Å². The van der Waals surface area contributed by atoms with E-state index in [0.717, 1.165) is 5.56 Å². The number of hydrogen-bond acceptors (Lipinski definition) is 3. The smallest absolute Gasteiger partial charge is 0.191 e. The molecule has 0 saturated heterocycles. The molecule has 0 heterocycles. The van der Waals surface area contributed by atoms with Crippen LogP contribution in [0.5, 0.6) is 0 Å². The van der Waals surface area contributed by atoms with Gasteiger partial charge in [-0.05, 0) is 53.9 Å². The molecule has 0 saturated carbocycles. The first-order valence-electron chi connectivity index (χ1n) is 7.37. The maximum absolute atomic E-state index is 13.5. The Morgan fingerprint density at radius 2 is 2.08 bits per heavy atom. The fraction of sp³-hybridized carbons (Fsp3) is 0.533. The van der Waals surface area contributed by atoms with E-state index in [1.54, 1.807) is 12.1 Å². The highest BCUT2D eigenvalue weighted by atomic mass is 127. The fourth-order valence-corrected chi connectivity index (χ4v) is 2.85. The van der Waals surface area contributed by atoms with Gasteiger partial charge in [0.2, 0.25) is 0 Å². The van der Waals surface area contributed by atoms with Gasteiger partial charge in [-0.25, -0.2) is 17.8 Å². The largest absolute Gasteiger partial charge is 0.357 e. The number of rotatable bonds is 7. The average molecular weight is 536 g/mol. The maximum Gasteiger partial charge on any atom is 0.191 e. The van der Waals surface area contributed by atoms with Crippen LogP contribution in [0.2, 0.25) is 0 Å². The Hall–Kier alpha value is -0.420. The summed E-state index contributed by atoms with van der Waals surface area (Å²) in [5.74, 6) is 0.382. The second-order valence-corrected chi connectivity index (χ2v) is 8.52. The zero-order valence-electron chi connectivity index (χ0n) is 14.0. The first kappa shape index (κ1) is 23.6. The van der Waals surface area contributed by atoms with E-state index in [1.807, 2.05) is 13.8 Å². The molecular weight excluding hydrogens is 512 g/mol. The van der Waals surface area contributed by atoms with E-state index in [2.05, 4.69) is 31.6 Å². The van der Waals surface area contributed by atoms with Crippen LogP contribution in [-0.2, 0) is 16.4 Å². The van der Waals surface area contributed by atoms with E-state index in [4.69, 9.17) is 0 Å². The first-order chi connectivity index (χ1) is 10.7. The molecule has 1 aromatic rings. The van der Waals surface area contributed by atoms with Crippen LogP contribution in [0.15, 0.2) is 27.7 Å². The molecule has 24 heavy (non-hydrogen) atoms. The summed E-state index contributed by atoms with van der Waals surface area (Å²) < 4.78 is 36.3. The SMILES string of the molecule is CCNC(=NCc1ccc(Br)c(F)c1)NC(C)CCS(C)(=O)=O.I. The normalized spacial score (nSPS) is 13.1. The Balaban J connectivity index is 0.00000529. The van der Waals surface area contributed by atoms with E-state index in [0.29, 0.717) is 29.9 Å². The number of nitrogens with zero attached hydrogens (tertiary/aromatic N) is 1. The Kier molecular flexibility index (Phi) is 11.0. The van der Waals surface area contributed by atoms with Crippen molar-refractivity contribution in [3.05, 3.63) is 34.1 Å². The lowest BCUT2D eigenvalue weighted by Crippen LogP contribution is -2.42. The van der Waals surface area contributed by atoms with Gasteiger partial charge in [0.05, 0.1) is 16.8 Å². The van der Waals surface area contributed by atoms with Crippen molar-refractivity contribution in [1.82, 2.24) is 10.6 Å². The van der Waals surface area contributed by atoms with Crippen LogP contribution in [-0.4, -0.2) is 39.0 Å². The molecule has 0 aliphatic rings. The summed E-state index contributed by atoms with van der Waals surface area (Å²) in [6, 6.07) is 4.84. The topological polar surface area (TPSA) is 70.6 Å². The maximum atomic E-state index is 13.5. The second-order valence-electron chi connectivity index (χ2n) is 5.41. The number of aliphatic imine (C=N–C) groups is 1. The summed E-state index contributed by atoms with van der Waals surface area (Å²) in [5.41, 5.74) is 0.756. The standard InChI is InChI=1S/C15H23BrFN3O2S.HI/c1-4-18-15(20-11(2)7-8-23(3,21)22)19-10-12-5-6-13(16)14(17)9-12;/h5-6,9,11H,4,7-8,10H2,1-3H3,(H2,18,19,20);1H. The molecule has 0 radical (unpaired) electrons. The van der Waals surface area contributed by atoms with Crippen molar-refractivity contribution in [2.75, 3.05) is 18.6 Å². The van der Waals surface area contributed by atoms with Gasteiger partial charge in [-0.15, -0.1) is 24.0 Å². The number of nitrogens with one attached hydrogen (secondary N) is 2. The lowest BCUT2D eigenvalue weighted by molar-refractivity contribution is 0.581.